The lowest BCUT2D eigenvalue weighted by molar-refractivity contribution is 0.0731. The van der Waals surface area contributed by atoms with Crippen LogP contribution in [0.3, 0.4) is 0 Å². The molecule has 0 atom stereocenters. The Hall–Kier alpha value is -1.94. The first-order chi connectivity index (χ1) is 12.0. The Labute approximate surface area is 150 Å². The Balaban J connectivity index is 1.72. The summed E-state index contributed by atoms with van der Waals surface area (Å²) >= 11 is 0.961. The third kappa shape index (κ3) is 4.01. The highest BCUT2D eigenvalue weighted by atomic mass is 32.2. The predicted octanol–water partition coefficient (Wildman–Crippen LogP) is 2.03. The Morgan fingerprint density at radius 2 is 1.84 bits per heavy atom. The molecule has 2 heterocycles. The van der Waals surface area contributed by atoms with Crippen molar-refractivity contribution in [2.75, 3.05) is 38.7 Å². The minimum Gasteiger partial charge on any atom is -0.497 e. The van der Waals surface area contributed by atoms with Crippen LogP contribution in [0.25, 0.3) is 0 Å². The molecule has 7 nitrogen and oxygen atoms in total. The fourth-order valence-corrected chi connectivity index (χ4v) is 5.13. The van der Waals surface area contributed by atoms with Gasteiger partial charge in [-0.3, -0.25) is 4.79 Å². The fourth-order valence-electron chi connectivity index (χ4n) is 2.36. The molecule has 1 aliphatic rings. The first kappa shape index (κ1) is 17.9. The monoisotopic (exact) mass is 382 g/mol. The molecule has 9 heteroatoms. The van der Waals surface area contributed by atoms with E-state index in [0.29, 0.717) is 42.6 Å². The Kier molecular flexibility index (Phi) is 5.38. The summed E-state index contributed by atoms with van der Waals surface area (Å²) in [6.45, 7) is 1.42. The highest BCUT2D eigenvalue weighted by molar-refractivity contribution is 7.91. The van der Waals surface area contributed by atoms with Gasteiger partial charge in [0.15, 0.2) is 0 Å². The Bertz CT molecular complexity index is 840. The smallest absolute Gasteiger partial charge is 0.265 e. The van der Waals surface area contributed by atoms with Crippen LogP contribution in [0.2, 0.25) is 0 Å². The number of hydrogen-bond donors (Lipinski definition) is 1. The summed E-state index contributed by atoms with van der Waals surface area (Å²) < 4.78 is 37.0. The van der Waals surface area contributed by atoms with E-state index in [4.69, 9.17) is 9.47 Å². The van der Waals surface area contributed by atoms with Crippen molar-refractivity contribution in [1.29, 1.82) is 0 Å². The lowest BCUT2D eigenvalue weighted by atomic mass is 10.3. The third-order valence-corrected chi connectivity index (χ3v) is 7.17. The average molecular weight is 382 g/mol. The van der Waals surface area contributed by atoms with E-state index in [1.165, 1.54) is 16.4 Å². The molecular weight excluding hydrogens is 364 g/mol. The fraction of sp³-hybridized carbons (Fsp3) is 0.312. The largest absolute Gasteiger partial charge is 0.497 e. The minimum absolute atomic E-state index is 0.161. The van der Waals surface area contributed by atoms with Crippen LogP contribution in [0.5, 0.6) is 5.75 Å². The maximum absolute atomic E-state index is 12.6. The number of hydrogen-bond acceptors (Lipinski definition) is 6. The van der Waals surface area contributed by atoms with E-state index in [0.717, 1.165) is 11.3 Å². The van der Waals surface area contributed by atoms with Gasteiger partial charge < -0.3 is 14.8 Å². The summed E-state index contributed by atoms with van der Waals surface area (Å²) in [6, 6.07) is 9.90. The predicted molar refractivity (Wildman–Crippen MR) is 94.8 cm³/mol. The zero-order valence-electron chi connectivity index (χ0n) is 13.6. The van der Waals surface area contributed by atoms with Crippen molar-refractivity contribution in [3.8, 4) is 5.75 Å². The molecule has 0 spiro atoms. The number of nitrogens with zero attached hydrogens (tertiary/aromatic N) is 1. The van der Waals surface area contributed by atoms with Gasteiger partial charge in [0.1, 0.15) is 9.96 Å². The molecule has 0 saturated carbocycles. The summed E-state index contributed by atoms with van der Waals surface area (Å²) in [6.07, 6.45) is 0. The van der Waals surface area contributed by atoms with Gasteiger partial charge in [-0.05, 0) is 36.4 Å². The lowest BCUT2D eigenvalue weighted by Gasteiger charge is -2.25. The average Bonchev–Trinajstić information content (AvgIpc) is 3.14. The number of rotatable bonds is 5. The Morgan fingerprint density at radius 1 is 1.16 bits per heavy atom. The van der Waals surface area contributed by atoms with Crippen LogP contribution in [-0.2, 0) is 14.8 Å². The highest BCUT2D eigenvalue weighted by Gasteiger charge is 2.28. The van der Waals surface area contributed by atoms with Crippen molar-refractivity contribution >= 4 is 33.0 Å². The number of carbonyl (C=O) groups excluding carboxylic acids is 1. The van der Waals surface area contributed by atoms with Crippen LogP contribution < -0.4 is 10.1 Å². The first-order valence-corrected chi connectivity index (χ1v) is 9.89. The van der Waals surface area contributed by atoms with E-state index in [1.54, 1.807) is 31.4 Å². The normalized spacial score (nSPS) is 15.7. The molecule has 1 N–H and O–H groups in total. The van der Waals surface area contributed by atoms with E-state index < -0.39 is 10.0 Å². The summed E-state index contributed by atoms with van der Waals surface area (Å²) in [5, 5.41) is 2.74. The molecule has 0 aliphatic carbocycles. The van der Waals surface area contributed by atoms with Gasteiger partial charge in [0.2, 0.25) is 0 Å². The van der Waals surface area contributed by atoms with Gasteiger partial charge in [0.25, 0.3) is 15.9 Å². The molecule has 1 fully saturated rings. The SMILES string of the molecule is COc1ccc(NC(=O)c2ccc(S(=O)(=O)N3CCOCC3)s2)cc1. The van der Waals surface area contributed by atoms with Crippen molar-refractivity contribution in [1.82, 2.24) is 4.31 Å². The molecule has 0 bridgehead atoms. The third-order valence-electron chi connectivity index (χ3n) is 3.72. The van der Waals surface area contributed by atoms with Gasteiger partial charge in [-0.1, -0.05) is 0 Å². The number of carbonyl (C=O) groups is 1. The number of morpholine rings is 1. The molecule has 0 unspecified atom stereocenters. The maximum atomic E-state index is 12.6. The second-order valence-electron chi connectivity index (χ2n) is 5.32. The minimum atomic E-state index is -3.58. The van der Waals surface area contributed by atoms with Crippen LogP contribution in [0.1, 0.15) is 9.67 Å². The van der Waals surface area contributed by atoms with Gasteiger partial charge in [-0.25, -0.2) is 8.42 Å². The number of nitrogens with one attached hydrogen (secondary N) is 1. The standard InChI is InChI=1S/C16H18N2O5S2/c1-22-13-4-2-12(3-5-13)17-16(19)14-6-7-15(24-14)25(20,21)18-8-10-23-11-9-18/h2-7H,8-11H2,1H3,(H,17,19). The maximum Gasteiger partial charge on any atom is 0.265 e. The second kappa shape index (κ2) is 7.52. The van der Waals surface area contributed by atoms with Crippen LogP contribution in [-0.4, -0.2) is 52.0 Å². The summed E-state index contributed by atoms with van der Waals surface area (Å²) in [5.74, 6) is 0.339. The van der Waals surface area contributed by atoms with Gasteiger partial charge in [-0.2, -0.15) is 4.31 Å². The molecule has 1 saturated heterocycles. The van der Waals surface area contributed by atoms with Gasteiger partial charge in [0, 0.05) is 18.8 Å². The number of benzene rings is 1. The molecule has 134 valence electrons. The van der Waals surface area contributed by atoms with Crippen molar-refractivity contribution in [2.45, 2.75) is 4.21 Å². The van der Waals surface area contributed by atoms with Crippen LogP contribution in [0.15, 0.2) is 40.6 Å². The van der Waals surface area contributed by atoms with E-state index in [1.807, 2.05) is 0 Å². The molecular formula is C16H18N2O5S2. The van der Waals surface area contributed by atoms with E-state index in [9.17, 15) is 13.2 Å². The molecule has 1 aromatic heterocycles. The second-order valence-corrected chi connectivity index (χ2v) is 8.57. The van der Waals surface area contributed by atoms with Gasteiger partial charge in [0.05, 0.1) is 25.2 Å². The number of methoxy groups -OCH3 is 1. The molecule has 1 aliphatic heterocycles. The quantitative estimate of drug-likeness (QED) is 0.855. The Morgan fingerprint density at radius 3 is 2.48 bits per heavy atom. The molecule has 25 heavy (non-hydrogen) atoms. The first-order valence-electron chi connectivity index (χ1n) is 7.64. The number of amides is 1. The van der Waals surface area contributed by atoms with Crippen molar-refractivity contribution < 1.29 is 22.7 Å². The lowest BCUT2D eigenvalue weighted by Crippen LogP contribution is -2.40. The van der Waals surface area contributed by atoms with E-state index in [-0.39, 0.29) is 10.1 Å². The number of anilines is 1. The number of thiophene rings is 1. The molecule has 1 amide bonds. The molecule has 0 radical (unpaired) electrons. The van der Waals surface area contributed by atoms with E-state index >= 15 is 0 Å². The summed E-state index contributed by atoms with van der Waals surface area (Å²) in [7, 11) is -2.02. The van der Waals surface area contributed by atoms with Crippen molar-refractivity contribution in [3.05, 3.63) is 41.3 Å². The number of sulfonamides is 1. The van der Waals surface area contributed by atoms with E-state index in [2.05, 4.69) is 5.32 Å². The molecule has 2 aromatic rings. The van der Waals surface area contributed by atoms with Gasteiger partial charge in [-0.15, -0.1) is 11.3 Å². The number of ether oxygens (including phenoxy) is 2. The van der Waals surface area contributed by atoms with Crippen molar-refractivity contribution in [2.24, 2.45) is 0 Å². The zero-order chi connectivity index (χ0) is 17.9. The van der Waals surface area contributed by atoms with Crippen LogP contribution >= 0.6 is 11.3 Å². The highest BCUT2D eigenvalue weighted by Crippen LogP contribution is 2.26. The molecule has 1 aromatic carbocycles. The van der Waals surface area contributed by atoms with Crippen molar-refractivity contribution in [3.63, 3.8) is 0 Å². The van der Waals surface area contributed by atoms with Crippen LogP contribution in [0.4, 0.5) is 5.69 Å². The topological polar surface area (TPSA) is 84.9 Å². The van der Waals surface area contributed by atoms with Crippen LogP contribution in [0, 0.1) is 0 Å². The zero-order valence-corrected chi connectivity index (χ0v) is 15.2. The molecule has 3 rings (SSSR count). The van der Waals surface area contributed by atoms with Gasteiger partial charge >= 0.3 is 0 Å². The summed E-state index contributed by atoms with van der Waals surface area (Å²) in [4.78, 5) is 12.7. The summed E-state index contributed by atoms with van der Waals surface area (Å²) in [5.41, 5.74) is 0.608.